The number of aryl methyl sites for hydroxylation is 1. The molecule has 3 aromatic rings. The number of ketones is 1. The summed E-state index contributed by atoms with van der Waals surface area (Å²) < 4.78 is 5.13. The van der Waals surface area contributed by atoms with E-state index >= 15 is 0 Å². The molecule has 3 N–H and O–H groups in total. The summed E-state index contributed by atoms with van der Waals surface area (Å²) in [7, 11) is 0. The maximum atomic E-state index is 13.7. The van der Waals surface area contributed by atoms with E-state index in [4.69, 9.17) is 10.1 Å². The van der Waals surface area contributed by atoms with Crippen LogP contribution in [0, 0.1) is 18.3 Å². The van der Waals surface area contributed by atoms with Gasteiger partial charge in [0.15, 0.2) is 5.78 Å². The number of Topliss-reactive ketones (excluding diaryl/α,β-unsaturated/α-hetero) is 1. The van der Waals surface area contributed by atoms with Crippen molar-refractivity contribution in [3.63, 3.8) is 0 Å². The molecule has 0 unspecified atom stereocenters. The van der Waals surface area contributed by atoms with Crippen molar-refractivity contribution >= 4 is 29.4 Å². The third-order valence-electron chi connectivity index (χ3n) is 7.18. The number of esters is 1. The van der Waals surface area contributed by atoms with Crippen LogP contribution in [0.5, 0.6) is 0 Å². The maximum absolute atomic E-state index is 13.7. The normalized spacial score (nSPS) is 12.6. The number of pyridine rings is 1. The molecule has 0 saturated heterocycles. The standard InChI is InChI=1S/C34H37N3O5/c1-5-24-15-29(32(39)14-22-8-10-25(11-9-22)30(35)17-33(40)42-20(2)3)28(16-26(24)19-38)27-12-13-31(37-21(27)4)34(41)36-18-23-6-7-23/h5,8-13,15-16,20,23,35,38H,1,6-7,14,17-19H2,2-4H3,(H,36,41). The van der Waals surface area contributed by atoms with Crippen molar-refractivity contribution in [2.45, 2.75) is 59.2 Å². The third-order valence-corrected chi connectivity index (χ3v) is 7.18. The van der Waals surface area contributed by atoms with Crippen LogP contribution >= 0.6 is 0 Å². The van der Waals surface area contributed by atoms with E-state index in [2.05, 4.69) is 16.9 Å². The van der Waals surface area contributed by atoms with Gasteiger partial charge in [0.05, 0.1) is 19.1 Å². The quantitative estimate of drug-likeness (QED) is 0.143. The van der Waals surface area contributed by atoms with Crippen LogP contribution in [0.2, 0.25) is 0 Å². The number of aliphatic hydroxyl groups is 1. The van der Waals surface area contributed by atoms with Crippen LogP contribution in [0.1, 0.15) is 81.9 Å². The molecular formula is C34H37N3O5. The molecular weight excluding hydrogens is 530 g/mol. The molecule has 0 bridgehead atoms. The first-order valence-electron chi connectivity index (χ1n) is 14.2. The first-order chi connectivity index (χ1) is 20.1. The number of aliphatic hydroxyl groups excluding tert-OH is 1. The van der Waals surface area contributed by atoms with Crippen LogP contribution in [0.3, 0.4) is 0 Å². The number of carbonyl (C=O) groups is 3. The topological polar surface area (TPSA) is 129 Å². The van der Waals surface area contributed by atoms with Crippen molar-refractivity contribution in [1.82, 2.24) is 10.3 Å². The number of rotatable bonds is 13. The number of aromatic nitrogens is 1. The Labute approximate surface area is 246 Å². The van der Waals surface area contributed by atoms with Crippen molar-refractivity contribution in [3.8, 4) is 11.1 Å². The molecule has 0 atom stereocenters. The largest absolute Gasteiger partial charge is 0.463 e. The van der Waals surface area contributed by atoms with Gasteiger partial charge in [0.25, 0.3) is 5.91 Å². The third kappa shape index (κ3) is 7.64. The van der Waals surface area contributed by atoms with Gasteiger partial charge in [-0.2, -0.15) is 0 Å². The van der Waals surface area contributed by atoms with Gasteiger partial charge in [-0.15, -0.1) is 0 Å². The summed E-state index contributed by atoms with van der Waals surface area (Å²) in [4.78, 5) is 42.8. The van der Waals surface area contributed by atoms with E-state index in [1.165, 1.54) is 0 Å². The fourth-order valence-corrected chi connectivity index (χ4v) is 4.72. The molecule has 4 rings (SSSR count). The highest BCUT2D eigenvalue weighted by molar-refractivity contribution is 6.08. The molecule has 0 spiro atoms. The Morgan fingerprint density at radius 2 is 1.83 bits per heavy atom. The summed E-state index contributed by atoms with van der Waals surface area (Å²) in [6.45, 7) is 9.58. The lowest BCUT2D eigenvalue weighted by Crippen LogP contribution is -2.26. The van der Waals surface area contributed by atoms with E-state index in [0.717, 1.165) is 18.4 Å². The molecule has 1 aliphatic carbocycles. The Balaban J connectivity index is 1.58. The van der Waals surface area contributed by atoms with Crippen molar-refractivity contribution in [2.75, 3.05) is 6.54 Å². The summed E-state index contributed by atoms with van der Waals surface area (Å²) in [6, 6.07) is 13.9. The Bertz CT molecular complexity index is 1520. The fourth-order valence-electron chi connectivity index (χ4n) is 4.72. The van der Waals surface area contributed by atoms with E-state index < -0.39 is 5.97 Å². The second-order valence-corrected chi connectivity index (χ2v) is 10.9. The number of nitrogens with one attached hydrogen (secondary N) is 2. The van der Waals surface area contributed by atoms with Gasteiger partial charge >= 0.3 is 5.97 Å². The maximum Gasteiger partial charge on any atom is 0.312 e. The minimum absolute atomic E-state index is 0.0964. The predicted octanol–water partition coefficient (Wildman–Crippen LogP) is 5.47. The molecule has 1 heterocycles. The number of hydrogen-bond donors (Lipinski definition) is 3. The summed E-state index contributed by atoms with van der Waals surface area (Å²) in [5.41, 5.74) is 5.42. The number of amides is 1. The summed E-state index contributed by atoms with van der Waals surface area (Å²) >= 11 is 0. The molecule has 0 aliphatic heterocycles. The van der Waals surface area contributed by atoms with Crippen LogP contribution < -0.4 is 5.32 Å². The number of ether oxygens (including phenoxy) is 1. The monoisotopic (exact) mass is 567 g/mol. The van der Waals surface area contributed by atoms with Crippen molar-refractivity contribution in [1.29, 1.82) is 5.41 Å². The summed E-state index contributed by atoms with van der Waals surface area (Å²) in [5, 5.41) is 21.2. The molecule has 2 aromatic carbocycles. The average molecular weight is 568 g/mol. The van der Waals surface area contributed by atoms with E-state index in [1.54, 1.807) is 75.4 Å². The van der Waals surface area contributed by atoms with E-state index in [-0.39, 0.29) is 43.0 Å². The number of carbonyl (C=O) groups excluding carboxylic acids is 3. The van der Waals surface area contributed by atoms with Gasteiger partial charge in [0.1, 0.15) is 5.69 Å². The molecule has 1 saturated carbocycles. The van der Waals surface area contributed by atoms with Gasteiger partial charge < -0.3 is 20.6 Å². The molecule has 218 valence electrons. The zero-order chi connectivity index (χ0) is 30.4. The lowest BCUT2D eigenvalue weighted by molar-refractivity contribution is -0.145. The van der Waals surface area contributed by atoms with Gasteiger partial charge in [0.2, 0.25) is 0 Å². The Kier molecular flexibility index (Phi) is 9.80. The number of hydrogen-bond acceptors (Lipinski definition) is 7. The van der Waals surface area contributed by atoms with Gasteiger partial charge in [-0.3, -0.25) is 14.4 Å². The summed E-state index contributed by atoms with van der Waals surface area (Å²) in [5.74, 6) is -0.270. The molecule has 1 aromatic heterocycles. The van der Waals surface area contributed by atoms with Gasteiger partial charge in [0, 0.05) is 35.5 Å². The van der Waals surface area contributed by atoms with Crippen LogP contribution in [0.15, 0.2) is 55.1 Å². The molecule has 8 nitrogen and oxygen atoms in total. The van der Waals surface area contributed by atoms with Crippen molar-refractivity contribution in [3.05, 3.63) is 94.3 Å². The van der Waals surface area contributed by atoms with Crippen LogP contribution in [0.4, 0.5) is 0 Å². The first kappa shape index (κ1) is 30.5. The Hall–Kier alpha value is -4.43. The van der Waals surface area contributed by atoms with Crippen molar-refractivity contribution in [2.24, 2.45) is 5.92 Å². The SMILES string of the molecule is C=Cc1cc(C(=O)Cc2ccc(C(=N)CC(=O)OC(C)C)cc2)c(-c2ccc(C(=O)NCC3CC3)nc2C)cc1CO. The average Bonchev–Trinajstić information content (AvgIpc) is 3.79. The predicted molar refractivity (Wildman–Crippen MR) is 163 cm³/mol. The molecule has 8 heteroatoms. The van der Waals surface area contributed by atoms with E-state index in [0.29, 0.717) is 57.2 Å². The number of nitrogens with zero attached hydrogens (tertiary/aromatic N) is 1. The highest BCUT2D eigenvalue weighted by Gasteiger charge is 2.23. The Morgan fingerprint density at radius 1 is 1.12 bits per heavy atom. The van der Waals surface area contributed by atoms with Crippen molar-refractivity contribution < 1.29 is 24.2 Å². The fraction of sp³-hybridized carbons (Fsp3) is 0.324. The van der Waals surface area contributed by atoms with Gasteiger partial charge in [-0.1, -0.05) is 43.0 Å². The molecule has 1 amide bonds. The minimum atomic E-state index is -0.456. The van der Waals surface area contributed by atoms with E-state index in [9.17, 15) is 19.5 Å². The second kappa shape index (κ2) is 13.5. The van der Waals surface area contributed by atoms with Crippen LogP contribution in [0.25, 0.3) is 17.2 Å². The zero-order valence-corrected chi connectivity index (χ0v) is 24.3. The number of benzene rings is 2. The second-order valence-electron chi connectivity index (χ2n) is 10.9. The lowest BCUT2D eigenvalue weighted by Gasteiger charge is -2.16. The zero-order valence-electron chi connectivity index (χ0n) is 24.3. The Morgan fingerprint density at radius 3 is 2.43 bits per heavy atom. The van der Waals surface area contributed by atoms with Crippen LogP contribution in [-0.2, 0) is 22.6 Å². The van der Waals surface area contributed by atoms with E-state index in [1.807, 2.05) is 0 Å². The highest BCUT2D eigenvalue weighted by Crippen LogP contribution is 2.32. The van der Waals surface area contributed by atoms with Crippen LogP contribution in [-0.4, -0.2) is 46.1 Å². The van der Waals surface area contributed by atoms with Gasteiger partial charge in [-0.05, 0) is 85.5 Å². The van der Waals surface area contributed by atoms with Gasteiger partial charge in [-0.25, -0.2) is 4.98 Å². The molecule has 0 radical (unpaired) electrons. The molecule has 1 fully saturated rings. The highest BCUT2D eigenvalue weighted by atomic mass is 16.5. The summed E-state index contributed by atoms with van der Waals surface area (Å²) in [6.07, 6.45) is 3.60. The smallest absolute Gasteiger partial charge is 0.312 e. The lowest BCUT2D eigenvalue weighted by atomic mass is 9.89. The molecule has 42 heavy (non-hydrogen) atoms. The minimum Gasteiger partial charge on any atom is -0.463 e. The molecule has 1 aliphatic rings. The first-order valence-corrected chi connectivity index (χ1v) is 14.2.